The first-order valence-electron chi connectivity index (χ1n) is 2.12. The Morgan fingerprint density at radius 1 is 1.57 bits per heavy atom. The third kappa shape index (κ3) is 5.41. The molecule has 0 radical (unpaired) electrons. The van der Waals surface area contributed by atoms with Crippen molar-refractivity contribution >= 4 is 0 Å². The Balaban J connectivity index is 3.68. The smallest absolute Gasteiger partial charge is 0.0971 e. The summed E-state index contributed by atoms with van der Waals surface area (Å²) in [5.74, 6) is -0.187. The Morgan fingerprint density at radius 3 is 2.00 bits per heavy atom. The van der Waals surface area contributed by atoms with E-state index in [0.717, 1.165) is 5.57 Å². The highest BCUT2D eigenvalue weighted by Crippen LogP contribution is 1.97. The molecular weight excluding hydrogens is 91.1 g/mol. The Hall–Kier alpha value is -0.590. The van der Waals surface area contributed by atoms with Gasteiger partial charge in [-0.3, -0.25) is 0 Å². The third-order valence-corrected chi connectivity index (χ3v) is 0.445. The van der Waals surface area contributed by atoms with E-state index in [4.69, 9.17) is 0 Å². The van der Waals surface area contributed by atoms with Gasteiger partial charge in [-0.1, -0.05) is 12.2 Å². The van der Waals surface area contributed by atoms with Gasteiger partial charge in [0.05, 0.1) is 5.83 Å². The van der Waals surface area contributed by atoms with Gasteiger partial charge in [-0.15, -0.1) is 0 Å². The number of hydrogen-bond donors (Lipinski definition) is 0. The molecule has 0 heterocycles. The van der Waals surface area contributed by atoms with Crippen LogP contribution in [-0.2, 0) is 0 Å². The summed E-state index contributed by atoms with van der Waals surface area (Å²) in [6.07, 6.45) is 1.39. The maximum Gasteiger partial charge on any atom is 0.0971 e. The van der Waals surface area contributed by atoms with Crippen molar-refractivity contribution in [1.29, 1.82) is 0 Å². The van der Waals surface area contributed by atoms with Gasteiger partial charge in [0.2, 0.25) is 0 Å². The molecular formula is C6H9F. The Bertz CT molecular complexity index is 96.7. The highest BCUT2D eigenvalue weighted by atomic mass is 19.1. The minimum atomic E-state index is -0.187. The van der Waals surface area contributed by atoms with E-state index in [1.54, 1.807) is 6.92 Å². The van der Waals surface area contributed by atoms with Crippen molar-refractivity contribution in [2.24, 2.45) is 0 Å². The van der Waals surface area contributed by atoms with E-state index in [0.29, 0.717) is 0 Å². The molecule has 0 nitrogen and oxygen atoms in total. The summed E-state index contributed by atoms with van der Waals surface area (Å²) < 4.78 is 11.8. The second-order valence-electron chi connectivity index (χ2n) is 1.58. The maximum atomic E-state index is 11.8. The quantitative estimate of drug-likeness (QED) is 0.444. The molecule has 0 atom stereocenters. The molecule has 0 bridgehead atoms. The zero-order chi connectivity index (χ0) is 5.86. The highest BCUT2D eigenvalue weighted by molar-refractivity contribution is 5.12. The number of hydrogen-bond acceptors (Lipinski definition) is 0. The zero-order valence-corrected chi connectivity index (χ0v) is 4.66. The Labute approximate surface area is 43.4 Å². The summed E-state index contributed by atoms with van der Waals surface area (Å²) >= 11 is 0. The molecule has 0 aliphatic carbocycles. The maximum absolute atomic E-state index is 11.8. The molecule has 0 saturated carbocycles. The largest absolute Gasteiger partial charge is 0.212 e. The van der Waals surface area contributed by atoms with Crippen molar-refractivity contribution < 1.29 is 4.39 Å². The van der Waals surface area contributed by atoms with E-state index < -0.39 is 0 Å². The molecule has 0 N–H and O–H groups in total. The average Bonchev–Trinajstić information content (AvgIpc) is 1.27. The molecule has 1 heteroatoms. The van der Waals surface area contributed by atoms with Crippen molar-refractivity contribution in [2.75, 3.05) is 0 Å². The number of rotatable bonds is 1. The van der Waals surface area contributed by atoms with Crippen molar-refractivity contribution in [2.45, 2.75) is 13.8 Å². The van der Waals surface area contributed by atoms with Crippen molar-refractivity contribution in [3.8, 4) is 0 Å². The molecule has 0 aromatic carbocycles. The van der Waals surface area contributed by atoms with Crippen LogP contribution in [0, 0.1) is 0 Å². The predicted molar refractivity (Wildman–Crippen MR) is 29.7 cm³/mol. The van der Waals surface area contributed by atoms with E-state index in [-0.39, 0.29) is 5.83 Å². The molecule has 0 rings (SSSR count). The zero-order valence-electron chi connectivity index (χ0n) is 4.66. The van der Waals surface area contributed by atoms with Crippen LogP contribution >= 0.6 is 0 Å². The molecule has 0 unspecified atom stereocenters. The van der Waals surface area contributed by atoms with Crippen LogP contribution in [-0.4, -0.2) is 0 Å². The predicted octanol–water partition coefficient (Wildman–Crippen LogP) is 2.44. The van der Waals surface area contributed by atoms with Crippen molar-refractivity contribution in [3.63, 3.8) is 0 Å². The fourth-order valence-electron chi connectivity index (χ4n) is 0.340. The van der Waals surface area contributed by atoms with Gasteiger partial charge >= 0.3 is 0 Å². The monoisotopic (exact) mass is 100 g/mol. The van der Waals surface area contributed by atoms with Gasteiger partial charge in [0.25, 0.3) is 0 Å². The lowest BCUT2D eigenvalue weighted by atomic mass is 10.3. The lowest BCUT2D eigenvalue weighted by Gasteiger charge is -1.81. The van der Waals surface area contributed by atoms with Crippen LogP contribution in [0.3, 0.4) is 0 Å². The Morgan fingerprint density at radius 2 is 2.00 bits per heavy atom. The second kappa shape index (κ2) is 2.56. The van der Waals surface area contributed by atoms with E-state index >= 15 is 0 Å². The van der Waals surface area contributed by atoms with Gasteiger partial charge in [0.1, 0.15) is 0 Å². The summed E-state index contributed by atoms with van der Waals surface area (Å²) in [6.45, 7) is 6.63. The molecule has 0 saturated heterocycles. The van der Waals surface area contributed by atoms with Crippen molar-refractivity contribution in [3.05, 3.63) is 24.1 Å². The van der Waals surface area contributed by atoms with Crippen LogP contribution in [0.1, 0.15) is 13.8 Å². The minimum Gasteiger partial charge on any atom is -0.212 e. The average molecular weight is 100 g/mol. The summed E-state index contributed by atoms with van der Waals surface area (Å²) in [7, 11) is 0. The van der Waals surface area contributed by atoms with Gasteiger partial charge in [-0.25, -0.2) is 4.39 Å². The molecule has 40 valence electrons. The van der Waals surface area contributed by atoms with E-state index in [1.165, 1.54) is 13.0 Å². The summed E-state index contributed by atoms with van der Waals surface area (Å²) in [5, 5.41) is 0. The first kappa shape index (κ1) is 6.41. The van der Waals surface area contributed by atoms with Gasteiger partial charge in [-0.2, -0.15) is 0 Å². The minimum absolute atomic E-state index is 0.187. The van der Waals surface area contributed by atoms with Gasteiger partial charge in [0, 0.05) is 0 Å². The van der Waals surface area contributed by atoms with Crippen LogP contribution in [0.4, 0.5) is 4.39 Å². The van der Waals surface area contributed by atoms with Crippen molar-refractivity contribution in [1.82, 2.24) is 0 Å². The van der Waals surface area contributed by atoms with Crippen LogP contribution in [0.2, 0.25) is 0 Å². The summed E-state index contributed by atoms with van der Waals surface area (Å²) in [6, 6.07) is 0. The van der Waals surface area contributed by atoms with Crippen LogP contribution in [0.5, 0.6) is 0 Å². The first-order valence-corrected chi connectivity index (χ1v) is 2.12. The Kier molecular flexibility index (Phi) is 2.34. The fraction of sp³-hybridized carbons (Fsp3) is 0.333. The lowest BCUT2D eigenvalue weighted by Crippen LogP contribution is -1.62. The molecule has 0 fully saturated rings. The van der Waals surface area contributed by atoms with E-state index in [2.05, 4.69) is 6.58 Å². The van der Waals surface area contributed by atoms with Gasteiger partial charge in [-0.05, 0) is 19.9 Å². The summed E-state index contributed by atoms with van der Waals surface area (Å²) in [4.78, 5) is 0. The summed E-state index contributed by atoms with van der Waals surface area (Å²) in [5.41, 5.74) is 0.750. The second-order valence-corrected chi connectivity index (χ2v) is 1.58. The van der Waals surface area contributed by atoms with E-state index in [9.17, 15) is 4.39 Å². The molecule has 0 spiro atoms. The van der Waals surface area contributed by atoms with Gasteiger partial charge in [0.15, 0.2) is 0 Å². The SMILES string of the molecule is C=C(C)/C=C(\C)F. The molecule has 0 aliphatic rings. The van der Waals surface area contributed by atoms with Crippen LogP contribution in [0.15, 0.2) is 24.1 Å². The fourth-order valence-corrected chi connectivity index (χ4v) is 0.340. The van der Waals surface area contributed by atoms with Crippen LogP contribution < -0.4 is 0 Å². The molecule has 7 heavy (non-hydrogen) atoms. The number of allylic oxidation sites excluding steroid dienone is 3. The highest BCUT2D eigenvalue weighted by Gasteiger charge is 1.78. The van der Waals surface area contributed by atoms with Crippen LogP contribution in [0.25, 0.3) is 0 Å². The number of halogens is 1. The normalized spacial score (nSPS) is 11.6. The topological polar surface area (TPSA) is 0 Å². The standard InChI is InChI=1S/C6H9F/c1-5(2)4-6(3)7/h4H,1H2,2-3H3/b6-4+. The molecule has 0 aliphatic heterocycles. The molecule has 0 aromatic heterocycles. The third-order valence-electron chi connectivity index (χ3n) is 0.445. The molecule has 0 aromatic rings. The first-order chi connectivity index (χ1) is 3.13. The lowest BCUT2D eigenvalue weighted by molar-refractivity contribution is 0.639. The van der Waals surface area contributed by atoms with Gasteiger partial charge < -0.3 is 0 Å². The van der Waals surface area contributed by atoms with E-state index in [1.807, 2.05) is 0 Å². The molecule has 0 amide bonds.